The Labute approximate surface area is 93.3 Å². The Balaban J connectivity index is 1.98. The average Bonchev–Trinajstić information content (AvgIpc) is 2.78. The van der Waals surface area contributed by atoms with Gasteiger partial charge < -0.3 is 14.2 Å². The normalized spacial score (nSPS) is 18.6. The molecule has 0 radical (unpaired) electrons. The summed E-state index contributed by atoms with van der Waals surface area (Å²) in [5.41, 5.74) is 0.898. The highest BCUT2D eigenvalue weighted by Gasteiger charge is 2.38. The average molecular weight is 227 g/mol. The van der Waals surface area contributed by atoms with Crippen LogP contribution in [0.25, 0.3) is 0 Å². The molecule has 4 nitrogen and oxygen atoms in total. The summed E-state index contributed by atoms with van der Waals surface area (Å²) >= 11 is 0. The van der Waals surface area contributed by atoms with E-state index in [4.69, 9.17) is 14.2 Å². The molecule has 88 valence electrons. The maximum Gasteiger partial charge on any atom is 0.232 e. The van der Waals surface area contributed by atoms with E-state index < -0.39 is 12.5 Å². The predicted octanol–water partition coefficient (Wildman–Crippen LogP) is 1.48. The minimum atomic E-state index is -1.23. The first kappa shape index (κ1) is 11.3. The largest absolute Gasteiger partial charge is 0.487 e. The molecule has 5 heteroatoms. The number of pyridine rings is 1. The van der Waals surface area contributed by atoms with Crippen LogP contribution in [0.2, 0.25) is 0 Å². The van der Waals surface area contributed by atoms with Gasteiger partial charge in [0.1, 0.15) is 19.0 Å². The second-order valence-electron chi connectivity index (χ2n) is 3.67. The number of hydrogen-bond acceptors (Lipinski definition) is 4. The molecule has 1 aliphatic heterocycles. The summed E-state index contributed by atoms with van der Waals surface area (Å²) in [6.45, 7) is 2.03. The van der Waals surface area contributed by atoms with E-state index in [9.17, 15) is 4.39 Å². The summed E-state index contributed by atoms with van der Waals surface area (Å²) in [6.07, 6.45) is 3.31. The fourth-order valence-electron chi connectivity index (χ4n) is 1.51. The molecule has 1 aromatic rings. The summed E-state index contributed by atoms with van der Waals surface area (Å²) < 4.78 is 28.7. The van der Waals surface area contributed by atoms with Crippen LogP contribution in [0.1, 0.15) is 5.56 Å². The maximum absolute atomic E-state index is 12.8. The number of ether oxygens (including phenoxy) is 3. The van der Waals surface area contributed by atoms with E-state index in [2.05, 4.69) is 4.98 Å². The maximum atomic E-state index is 12.8. The fourth-order valence-corrected chi connectivity index (χ4v) is 1.51. The standard InChI is InChI=1S/C11H14FNO3/c1-9-6-13-3-2-10(9)14-8-11(7-12)15-4-5-16-11/h2-3,6H,4-5,7-8H2,1H3. The minimum absolute atomic E-state index is 0.0500. The van der Waals surface area contributed by atoms with E-state index in [1.165, 1.54) is 0 Å². The van der Waals surface area contributed by atoms with Gasteiger partial charge in [-0.1, -0.05) is 0 Å². The topological polar surface area (TPSA) is 40.6 Å². The Hall–Kier alpha value is -1.20. The molecule has 1 fully saturated rings. The summed E-state index contributed by atoms with van der Waals surface area (Å²) in [4.78, 5) is 3.95. The van der Waals surface area contributed by atoms with E-state index in [-0.39, 0.29) is 6.61 Å². The Bertz CT molecular complexity index is 353. The number of alkyl halides is 1. The van der Waals surface area contributed by atoms with Gasteiger partial charge in [-0.3, -0.25) is 4.98 Å². The highest BCUT2D eigenvalue weighted by atomic mass is 19.1. The van der Waals surface area contributed by atoms with Gasteiger partial charge in [-0.25, -0.2) is 4.39 Å². The molecule has 0 amide bonds. The Morgan fingerprint density at radius 2 is 2.25 bits per heavy atom. The van der Waals surface area contributed by atoms with Crippen LogP contribution < -0.4 is 4.74 Å². The molecule has 0 aliphatic carbocycles. The number of hydrogen-bond donors (Lipinski definition) is 0. The summed E-state index contributed by atoms with van der Waals surface area (Å²) in [5, 5.41) is 0. The number of rotatable bonds is 4. The van der Waals surface area contributed by atoms with Crippen molar-refractivity contribution < 1.29 is 18.6 Å². The van der Waals surface area contributed by atoms with Crippen molar-refractivity contribution in [3.63, 3.8) is 0 Å². The molecule has 1 aliphatic rings. The van der Waals surface area contributed by atoms with Crippen LogP contribution in [0.5, 0.6) is 5.75 Å². The lowest BCUT2D eigenvalue weighted by atomic mass is 10.3. The van der Waals surface area contributed by atoms with Crippen molar-refractivity contribution in [2.24, 2.45) is 0 Å². The quantitative estimate of drug-likeness (QED) is 0.781. The SMILES string of the molecule is Cc1cnccc1OCC1(CF)OCCO1. The molecule has 0 unspecified atom stereocenters. The summed E-state index contributed by atoms with van der Waals surface area (Å²) in [6, 6.07) is 1.73. The van der Waals surface area contributed by atoms with Crippen LogP contribution in [-0.2, 0) is 9.47 Å². The van der Waals surface area contributed by atoms with Gasteiger partial charge in [0.2, 0.25) is 5.79 Å². The smallest absolute Gasteiger partial charge is 0.232 e. The van der Waals surface area contributed by atoms with E-state index in [0.29, 0.717) is 19.0 Å². The van der Waals surface area contributed by atoms with Crippen molar-refractivity contribution >= 4 is 0 Å². The van der Waals surface area contributed by atoms with E-state index in [1.54, 1.807) is 18.5 Å². The van der Waals surface area contributed by atoms with Crippen molar-refractivity contribution in [1.82, 2.24) is 4.98 Å². The van der Waals surface area contributed by atoms with E-state index in [1.807, 2.05) is 6.92 Å². The zero-order valence-electron chi connectivity index (χ0n) is 9.11. The highest BCUT2D eigenvalue weighted by Crippen LogP contribution is 2.23. The van der Waals surface area contributed by atoms with Crippen molar-refractivity contribution in [1.29, 1.82) is 0 Å². The number of aryl methyl sites for hydroxylation is 1. The van der Waals surface area contributed by atoms with E-state index in [0.717, 1.165) is 5.56 Å². The minimum Gasteiger partial charge on any atom is -0.487 e. The van der Waals surface area contributed by atoms with Gasteiger partial charge in [0.25, 0.3) is 0 Å². The van der Waals surface area contributed by atoms with Crippen LogP contribution in [0.3, 0.4) is 0 Å². The van der Waals surface area contributed by atoms with Crippen LogP contribution >= 0.6 is 0 Å². The zero-order chi connectivity index (χ0) is 11.4. The number of aromatic nitrogens is 1. The molecular formula is C11H14FNO3. The molecule has 0 atom stereocenters. The fraction of sp³-hybridized carbons (Fsp3) is 0.545. The predicted molar refractivity (Wildman–Crippen MR) is 55.1 cm³/mol. The Morgan fingerprint density at radius 3 is 2.88 bits per heavy atom. The third kappa shape index (κ3) is 2.31. The molecule has 2 rings (SSSR count). The first-order chi connectivity index (χ1) is 7.76. The van der Waals surface area contributed by atoms with Crippen molar-refractivity contribution in [3.05, 3.63) is 24.0 Å². The van der Waals surface area contributed by atoms with Gasteiger partial charge in [0.05, 0.1) is 13.2 Å². The second-order valence-corrected chi connectivity index (χ2v) is 3.67. The first-order valence-corrected chi connectivity index (χ1v) is 5.13. The van der Waals surface area contributed by atoms with Gasteiger partial charge in [-0.2, -0.15) is 0 Å². The molecule has 1 saturated heterocycles. The van der Waals surface area contributed by atoms with Crippen LogP contribution in [-0.4, -0.2) is 37.3 Å². The third-order valence-electron chi connectivity index (χ3n) is 2.43. The molecule has 2 heterocycles. The van der Waals surface area contributed by atoms with Gasteiger partial charge in [-0.05, 0) is 13.0 Å². The first-order valence-electron chi connectivity index (χ1n) is 5.13. The van der Waals surface area contributed by atoms with E-state index >= 15 is 0 Å². The Kier molecular flexibility index (Phi) is 3.36. The van der Waals surface area contributed by atoms with Gasteiger partial charge in [-0.15, -0.1) is 0 Å². The summed E-state index contributed by atoms with van der Waals surface area (Å²) in [7, 11) is 0. The molecule has 0 bridgehead atoms. The monoisotopic (exact) mass is 227 g/mol. The lowest BCUT2D eigenvalue weighted by Crippen LogP contribution is -2.39. The van der Waals surface area contributed by atoms with Gasteiger partial charge >= 0.3 is 0 Å². The molecule has 1 aromatic heterocycles. The Morgan fingerprint density at radius 1 is 1.50 bits per heavy atom. The van der Waals surface area contributed by atoms with Gasteiger partial charge in [0, 0.05) is 18.0 Å². The van der Waals surface area contributed by atoms with Crippen molar-refractivity contribution in [3.8, 4) is 5.75 Å². The molecule has 0 saturated carbocycles. The second kappa shape index (κ2) is 4.76. The van der Waals surface area contributed by atoms with Crippen LogP contribution in [0.15, 0.2) is 18.5 Å². The summed E-state index contributed by atoms with van der Waals surface area (Å²) in [5.74, 6) is -0.558. The van der Waals surface area contributed by atoms with Gasteiger partial charge in [0.15, 0.2) is 0 Å². The molecule has 0 aromatic carbocycles. The van der Waals surface area contributed by atoms with Crippen LogP contribution in [0.4, 0.5) is 4.39 Å². The number of halogens is 1. The molecule has 16 heavy (non-hydrogen) atoms. The third-order valence-corrected chi connectivity index (χ3v) is 2.43. The lowest BCUT2D eigenvalue weighted by Gasteiger charge is -2.24. The van der Waals surface area contributed by atoms with Crippen molar-refractivity contribution in [2.45, 2.75) is 12.7 Å². The number of nitrogens with zero attached hydrogens (tertiary/aromatic N) is 1. The van der Waals surface area contributed by atoms with Crippen LogP contribution in [0, 0.1) is 6.92 Å². The molecule has 0 spiro atoms. The molecular weight excluding hydrogens is 213 g/mol. The molecule has 0 N–H and O–H groups in total. The lowest BCUT2D eigenvalue weighted by molar-refractivity contribution is -0.186. The zero-order valence-corrected chi connectivity index (χ0v) is 9.11. The highest BCUT2D eigenvalue weighted by molar-refractivity contribution is 5.28. The van der Waals surface area contributed by atoms with Crippen molar-refractivity contribution in [2.75, 3.05) is 26.5 Å².